The van der Waals surface area contributed by atoms with Gasteiger partial charge in [-0.25, -0.2) is 0 Å². The van der Waals surface area contributed by atoms with E-state index in [0.29, 0.717) is 0 Å². The Kier molecular flexibility index (Phi) is 15.3. The standard InChI is InChI=1S/CBrN.CHCl3/c2-1-3;2-1(3)4/h;1H. The van der Waals surface area contributed by atoms with E-state index in [-0.39, 0.29) is 0 Å². The second-order valence-corrected chi connectivity index (χ2v) is 2.67. The normalized spacial score (nSPS) is 6.29. The molecule has 0 radical (unpaired) electrons. The Labute approximate surface area is 65.3 Å². The molecule has 0 saturated carbocycles. The molecule has 0 unspecified atom stereocenters. The first-order valence-corrected chi connectivity index (χ1v) is 3.17. The van der Waals surface area contributed by atoms with E-state index in [1.54, 1.807) is 4.98 Å². The van der Waals surface area contributed by atoms with Crippen molar-refractivity contribution in [2.45, 2.75) is 4.30 Å². The predicted octanol–water partition coefficient (Wildman–Crippen LogP) is 2.85. The molecule has 0 rings (SSSR count). The van der Waals surface area contributed by atoms with Crippen LogP contribution in [0.25, 0.3) is 0 Å². The van der Waals surface area contributed by atoms with Crippen molar-refractivity contribution in [2.75, 3.05) is 0 Å². The van der Waals surface area contributed by atoms with Crippen LogP contribution in [0.15, 0.2) is 0 Å². The first-order chi connectivity index (χ1) is 3.15. The van der Waals surface area contributed by atoms with Gasteiger partial charge in [-0.15, -0.1) is 0 Å². The molecular formula is C2HBrCl3N. The van der Waals surface area contributed by atoms with Crippen molar-refractivity contribution in [1.82, 2.24) is 0 Å². The van der Waals surface area contributed by atoms with Gasteiger partial charge in [0.1, 0.15) is 4.98 Å². The van der Waals surface area contributed by atoms with Crippen LogP contribution in [-0.4, -0.2) is 4.30 Å². The largest absolute Gasteiger partial charge is 0.185 e. The highest BCUT2D eigenvalue weighted by Gasteiger charge is 1.78. The van der Waals surface area contributed by atoms with Gasteiger partial charge in [-0.05, 0) is 0 Å². The summed E-state index contributed by atoms with van der Waals surface area (Å²) in [5, 5.41) is 7.24. The first kappa shape index (κ1) is 10.8. The molecule has 0 saturated heterocycles. The van der Waals surface area contributed by atoms with Crippen LogP contribution in [0.4, 0.5) is 0 Å². The molecule has 7 heavy (non-hydrogen) atoms. The maximum atomic E-state index is 7.24. The van der Waals surface area contributed by atoms with Crippen molar-refractivity contribution < 1.29 is 0 Å². The molecule has 0 aliphatic rings. The van der Waals surface area contributed by atoms with Crippen molar-refractivity contribution in [3.63, 3.8) is 0 Å². The Bertz CT molecular complexity index is 55.7. The van der Waals surface area contributed by atoms with Crippen LogP contribution in [0.2, 0.25) is 0 Å². The lowest BCUT2D eigenvalue weighted by atomic mass is 11.8. The summed E-state index contributed by atoms with van der Waals surface area (Å²) in [5.74, 6) is 0. The molecule has 0 aliphatic carbocycles. The van der Waals surface area contributed by atoms with Gasteiger partial charge in [0.05, 0.1) is 0 Å². The van der Waals surface area contributed by atoms with Crippen molar-refractivity contribution in [3.8, 4) is 4.98 Å². The van der Waals surface area contributed by atoms with Crippen molar-refractivity contribution >= 4 is 50.7 Å². The van der Waals surface area contributed by atoms with E-state index in [4.69, 9.17) is 40.1 Å². The summed E-state index contributed by atoms with van der Waals surface area (Å²) in [6.07, 6.45) is 0. The van der Waals surface area contributed by atoms with E-state index in [1.807, 2.05) is 0 Å². The Morgan fingerprint density at radius 3 is 1.43 bits per heavy atom. The molecule has 42 valence electrons. The highest BCUT2D eigenvalue weighted by molar-refractivity contribution is 9.12. The number of hydrogen-bond donors (Lipinski definition) is 0. The van der Waals surface area contributed by atoms with Crippen LogP contribution in [0, 0.1) is 10.2 Å². The second-order valence-electron chi connectivity index (χ2n) is 0.332. The van der Waals surface area contributed by atoms with Crippen LogP contribution in [-0.2, 0) is 0 Å². The van der Waals surface area contributed by atoms with Gasteiger partial charge in [-0.1, -0.05) is 34.8 Å². The number of hydrogen-bond acceptors (Lipinski definition) is 1. The number of nitrogens with zero attached hydrogens (tertiary/aromatic N) is 1. The van der Waals surface area contributed by atoms with Gasteiger partial charge >= 0.3 is 0 Å². The highest BCUT2D eigenvalue weighted by Crippen LogP contribution is 2.03. The molecule has 0 spiro atoms. The fourth-order valence-electron chi connectivity index (χ4n) is 0. The molecule has 0 aromatic heterocycles. The molecule has 0 fully saturated rings. The van der Waals surface area contributed by atoms with Crippen LogP contribution in [0.1, 0.15) is 0 Å². The maximum absolute atomic E-state index is 7.24. The molecular weight excluding hydrogens is 224 g/mol. The molecule has 1 nitrogen and oxygen atoms in total. The molecule has 0 aliphatic heterocycles. The zero-order valence-corrected chi connectivity index (χ0v) is 6.89. The molecule has 0 amide bonds. The van der Waals surface area contributed by atoms with Gasteiger partial charge in [0.2, 0.25) is 0 Å². The third kappa shape index (κ3) is 227. The van der Waals surface area contributed by atoms with E-state index < -0.39 is 4.30 Å². The van der Waals surface area contributed by atoms with Gasteiger partial charge in [-0.3, -0.25) is 0 Å². The number of rotatable bonds is 0. The molecule has 5 heteroatoms. The number of alkyl halides is 3. The maximum Gasteiger partial charge on any atom is 0.180 e. The number of nitriles is 1. The van der Waals surface area contributed by atoms with Crippen LogP contribution in [0.3, 0.4) is 0 Å². The lowest BCUT2D eigenvalue weighted by Crippen LogP contribution is -1.55. The monoisotopic (exact) mass is 223 g/mol. The minimum absolute atomic E-state index is 0.750. The van der Waals surface area contributed by atoms with Gasteiger partial charge in [0.15, 0.2) is 4.30 Å². The zero-order chi connectivity index (χ0) is 6.28. The van der Waals surface area contributed by atoms with E-state index in [2.05, 4.69) is 15.9 Å². The lowest BCUT2D eigenvalue weighted by Gasteiger charge is -1.69. The molecule has 0 aromatic carbocycles. The van der Waals surface area contributed by atoms with Crippen molar-refractivity contribution in [1.29, 1.82) is 5.26 Å². The third-order valence-corrected chi connectivity index (χ3v) is 0. The average Bonchev–Trinajstić information content (AvgIpc) is 1.33. The summed E-state index contributed by atoms with van der Waals surface area (Å²) in [6, 6.07) is 0. The molecule has 0 N–H and O–H groups in total. The van der Waals surface area contributed by atoms with E-state index in [1.165, 1.54) is 0 Å². The summed E-state index contributed by atoms with van der Waals surface area (Å²) in [4.78, 5) is 1.56. The van der Waals surface area contributed by atoms with Crippen molar-refractivity contribution in [3.05, 3.63) is 0 Å². The van der Waals surface area contributed by atoms with E-state index in [9.17, 15) is 0 Å². The topological polar surface area (TPSA) is 23.8 Å². The Balaban J connectivity index is 0. The van der Waals surface area contributed by atoms with Crippen LogP contribution < -0.4 is 0 Å². The molecule has 0 aromatic rings. The predicted molar refractivity (Wildman–Crippen MR) is 35.9 cm³/mol. The number of halogens is 4. The molecule has 0 atom stereocenters. The van der Waals surface area contributed by atoms with Gasteiger partial charge in [0, 0.05) is 15.9 Å². The molecule has 0 heterocycles. The van der Waals surface area contributed by atoms with E-state index >= 15 is 0 Å². The summed E-state index contributed by atoms with van der Waals surface area (Å²) in [5.41, 5.74) is 0. The Hall–Kier alpha value is 0.840. The zero-order valence-electron chi connectivity index (χ0n) is 3.04. The third-order valence-electron chi connectivity index (χ3n) is 0. The quantitative estimate of drug-likeness (QED) is 0.581. The average molecular weight is 225 g/mol. The minimum Gasteiger partial charge on any atom is -0.185 e. The Morgan fingerprint density at radius 1 is 1.43 bits per heavy atom. The van der Waals surface area contributed by atoms with Gasteiger partial charge < -0.3 is 0 Å². The molecule has 0 bridgehead atoms. The van der Waals surface area contributed by atoms with Crippen LogP contribution in [0.5, 0.6) is 0 Å². The Morgan fingerprint density at radius 2 is 1.43 bits per heavy atom. The summed E-state index contributed by atoms with van der Waals surface area (Å²) < 4.78 is -0.750. The first-order valence-electron chi connectivity index (χ1n) is 1.07. The van der Waals surface area contributed by atoms with Gasteiger partial charge in [0.25, 0.3) is 0 Å². The second kappa shape index (κ2) is 9.96. The lowest BCUT2D eigenvalue weighted by molar-refractivity contribution is 1.57. The minimum atomic E-state index is -0.750. The fourth-order valence-corrected chi connectivity index (χ4v) is 0. The smallest absolute Gasteiger partial charge is 0.180 e. The van der Waals surface area contributed by atoms with Gasteiger partial charge in [-0.2, -0.15) is 5.26 Å². The van der Waals surface area contributed by atoms with E-state index in [0.717, 1.165) is 0 Å². The van der Waals surface area contributed by atoms with Crippen LogP contribution >= 0.6 is 50.7 Å². The summed E-state index contributed by atoms with van der Waals surface area (Å²) >= 11 is 16.9. The SMILES string of the molecule is ClC(Cl)Cl.N#CBr. The highest BCUT2D eigenvalue weighted by atomic mass is 79.9. The van der Waals surface area contributed by atoms with Crippen molar-refractivity contribution in [2.24, 2.45) is 0 Å². The fraction of sp³-hybridized carbons (Fsp3) is 0.500. The summed E-state index contributed by atoms with van der Waals surface area (Å²) in [6.45, 7) is 0. The summed E-state index contributed by atoms with van der Waals surface area (Å²) in [7, 11) is 0.